The lowest BCUT2D eigenvalue weighted by Gasteiger charge is -2.02. The van der Waals surface area contributed by atoms with Crippen LogP contribution in [0.5, 0.6) is 0 Å². The third kappa shape index (κ3) is 1.44. The van der Waals surface area contributed by atoms with Gasteiger partial charge in [-0.1, -0.05) is 0 Å². The summed E-state index contributed by atoms with van der Waals surface area (Å²) in [5, 5.41) is 4.00. The highest BCUT2D eigenvalue weighted by molar-refractivity contribution is 5.34. The second-order valence-corrected chi connectivity index (χ2v) is 3.14. The summed E-state index contributed by atoms with van der Waals surface area (Å²) in [6, 6.07) is 2.00. The third-order valence-electron chi connectivity index (χ3n) is 2.10. The monoisotopic (exact) mass is 189 g/mol. The van der Waals surface area contributed by atoms with E-state index in [4.69, 9.17) is 5.73 Å². The van der Waals surface area contributed by atoms with Gasteiger partial charge in [-0.2, -0.15) is 0 Å². The fourth-order valence-electron chi connectivity index (χ4n) is 1.15. The van der Waals surface area contributed by atoms with E-state index in [1.54, 1.807) is 17.2 Å². The average Bonchev–Trinajstić information content (AvgIpc) is 2.57. The van der Waals surface area contributed by atoms with Crippen LogP contribution in [0.1, 0.15) is 11.3 Å². The van der Waals surface area contributed by atoms with Crippen LogP contribution in [0.25, 0.3) is 5.69 Å². The van der Waals surface area contributed by atoms with Crippen LogP contribution < -0.4 is 5.73 Å². The molecule has 0 saturated heterocycles. The van der Waals surface area contributed by atoms with Gasteiger partial charge in [0.25, 0.3) is 0 Å². The highest BCUT2D eigenvalue weighted by atomic mass is 15.4. The molecule has 2 aromatic heterocycles. The van der Waals surface area contributed by atoms with Gasteiger partial charge in [-0.25, -0.2) is 9.67 Å². The SMILES string of the molecule is Cc1cc(-n2cnc(N)n2)cnc1C. The Bertz CT molecular complexity index is 460. The third-order valence-corrected chi connectivity index (χ3v) is 2.10. The van der Waals surface area contributed by atoms with Crippen molar-refractivity contribution < 1.29 is 0 Å². The molecular formula is C9H11N5. The Morgan fingerprint density at radius 1 is 1.29 bits per heavy atom. The van der Waals surface area contributed by atoms with Crippen molar-refractivity contribution in [1.29, 1.82) is 0 Å². The van der Waals surface area contributed by atoms with Crippen molar-refractivity contribution in [2.75, 3.05) is 5.73 Å². The fourth-order valence-corrected chi connectivity index (χ4v) is 1.15. The van der Waals surface area contributed by atoms with Crippen LogP contribution in [-0.2, 0) is 0 Å². The first-order valence-corrected chi connectivity index (χ1v) is 4.27. The molecule has 0 atom stereocenters. The largest absolute Gasteiger partial charge is 0.366 e. The predicted molar refractivity (Wildman–Crippen MR) is 53.0 cm³/mol. The molecule has 0 bridgehead atoms. The van der Waals surface area contributed by atoms with E-state index in [0.29, 0.717) is 0 Å². The minimum atomic E-state index is 0.267. The molecule has 0 unspecified atom stereocenters. The summed E-state index contributed by atoms with van der Waals surface area (Å²) in [5.74, 6) is 0.267. The number of nitrogen functional groups attached to an aromatic ring is 1. The van der Waals surface area contributed by atoms with Crippen LogP contribution in [-0.4, -0.2) is 19.7 Å². The highest BCUT2D eigenvalue weighted by Crippen LogP contribution is 2.10. The Kier molecular flexibility index (Phi) is 1.92. The average molecular weight is 189 g/mol. The lowest BCUT2D eigenvalue weighted by molar-refractivity contribution is 0.871. The summed E-state index contributed by atoms with van der Waals surface area (Å²) in [4.78, 5) is 8.08. The van der Waals surface area contributed by atoms with Crippen LogP contribution >= 0.6 is 0 Å². The molecule has 0 radical (unpaired) electrons. The Morgan fingerprint density at radius 3 is 2.64 bits per heavy atom. The lowest BCUT2D eigenvalue weighted by atomic mass is 10.2. The molecule has 0 amide bonds. The summed E-state index contributed by atoms with van der Waals surface area (Å²) in [7, 11) is 0. The Morgan fingerprint density at radius 2 is 2.07 bits per heavy atom. The smallest absolute Gasteiger partial charge is 0.239 e. The minimum absolute atomic E-state index is 0.267. The molecule has 0 aliphatic heterocycles. The van der Waals surface area contributed by atoms with Crippen LogP contribution in [0, 0.1) is 13.8 Å². The number of rotatable bonds is 1. The van der Waals surface area contributed by atoms with Crippen LogP contribution in [0.3, 0.4) is 0 Å². The van der Waals surface area contributed by atoms with Gasteiger partial charge in [0.15, 0.2) is 0 Å². The van der Waals surface area contributed by atoms with Crippen molar-refractivity contribution in [2.24, 2.45) is 0 Å². The fraction of sp³-hybridized carbons (Fsp3) is 0.222. The maximum atomic E-state index is 5.42. The first-order valence-electron chi connectivity index (χ1n) is 4.27. The minimum Gasteiger partial charge on any atom is -0.366 e. The first kappa shape index (κ1) is 8.68. The molecule has 2 rings (SSSR count). The maximum Gasteiger partial charge on any atom is 0.239 e. The van der Waals surface area contributed by atoms with Gasteiger partial charge in [0.05, 0.1) is 11.9 Å². The number of aryl methyl sites for hydroxylation is 2. The van der Waals surface area contributed by atoms with E-state index in [9.17, 15) is 0 Å². The summed E-state index contributed by atoms with van der Waals surface area (Å²) in [6.07, 6.45) is 3.32. The van der Waals surface area contributed by atoms with Crippen molar-refractivity contribution in [3.63, 3.8) is 0 Å². The van der Waals surface area contributed by atoms with Crippen molar-refractivity contribution in [3.05, 3.63) is 29.8 Å². The number of aromatic nitrogens is 4. The number of hydrogen-bond donors (Lipinski definition) is 1. The van der Waals surface area contributed by atoms with Crippen molar-refractivity contribution in [3.8, 4) is 5.69 Å². The number of nitrogens with two attached hydrogens (primary N) is 1. The topological polar surface area (TPSA) is 69.6 Å². The molecule has 14 heavy (non-hydrogen) atoms. The molecule has 72 valence electrons. The zero-order chi connectivity index (χ0) is 10.1. The summed E-state index contributed by atoms with van der Waals surface area (Å²) in [6.45, 7) is 3.97. The second-order valence-electron chi connectivity index (χ2n) is 3.14. The second kappa shape index (κ2) is 3.10. The molecule has 0 aliphatic carbocycles. The van der Waals surface area contributed by atoms with Crippen molar-refractivity contribution in [1.82, 2.24) is 19.7 Å². The van der Waals surface area contributed by atoms with Gasteiger partial charge in [0.1, 0.15) is 6.33 Å². The zero-order valence-corrected chi connectivity index (χ0v) is 8.10. The molecule has 0 fully saturated rings. The first-order chi connectivity index (χ1) is 6.66. The molecule has 2 N–H and O–H groups in total. The van der Waals surface area contributed by atoms with E-state index in [0.717, 1.165) is 16.9 Å². The van der Waals surface area contributed by atoms with E-state index >= 15 is 0 Å². The summed E-state index contributed by atoms with van der Waals surface area (Å²) < 4.78 is 1.61. The van der Waals surface area contributed by atoms with Gasteiger partial charge < -0.3 is 5.73 Å². The summed E-state index contributed by atoms with van der Waals surface area (Å²) >= 11 is 0. The van der Waals surface area contributed by atoms with Crippen molar-refractivity contribution in [2.45, 2.75) is 13.8 Å². The Hall–Kier alpha value is -1.91. The van der Waals surface area contributed by atoms with Gasteiger partial charge in [0.2, 0.25) is 5.95 Å². The molecule has 5 heteroatoms. The molecule has 2 aromatic rings. The van der Waals surface area contributed by atoms with E-state index < -0.39 is 0 Å². The maximum absolute atomic E-state index is 5.42. The Balaban J connectivity index is 2.47. The number of pyridine rings is 1. The van der Waals surface area contributed by atoms with E-state index in [2.05, 4.69) is 15.1 Å². The zero-order valence-electron chi connectivity index (χ0n) is 8.10. The van der Waals surface area contributed by atoms with Gasteiger partial charge in [-0.15, -0.1) is 5.10 Å². The van der Waals surface area contributed by atoms with Gasteiger partial charge >= 0.3 is 0 Å². The van der Waals surface area contributed by atoms with E-state index in [-0.39, 0.29) is 5.95 Å². The van der Waals surface area contributed by atoms with Crippen LogP contribution in [0.15, 0.2) is 18.6 Å². The molecule has 0 aliphatic rings. The molecule has 5 nitrogen and oxygen atoms in total. The number of anilines is 1. The van der Waals surface area contributed by atoms with E-state index in [1.807, 2.05) is 19.9 Å². The molecule has 0 saturated carbocycles. The highest BCUT2D eigenvalue weighted by Gasteiger charge is 2.01. The molecule has 0 spiro atoms. The predicted octanol–water partition coefficient (Wildman–Crippen LogP) is 0.861. The Labute approximate surface area is 81.6 Å². The molecular weight excluding hydrogens is 178 g/mol. The van der Waals surface area contributed by atoms with Gasteiger partial charge in [-0.05, 0) is 25.5 Å². The molecule has 0 aromatic carbocycles. The molecule has 2 heterocycles. The van der Waals surface area contributed by atoms with Crippen molar-refractivity contribution >= 4 is 5.95 Å². The normalized spacial score (nSPS) is 10.4. The quantitative estimate of drug-likeness (QED) is 0.722. The van der Waals surface area contributed by atoms with Gasteiger partial charge in [-0.3, -0.25) is 4.98 Å². The number of hydrogen-bond acceptors (Lipinski definition) is 4. The van der Waals surface area contributed by atoms with E-state index in [1.165, 1.54) is 0 Å². The van der Waals surface area contributed by atoms with Crippen LogP contribution in [0.4, 0.5) is 5.95 Å². The van der Waals surface area contributed by atoms with Gasteiger partial charge in [0, 0.05) is 5.69 Å². The standard InChI is InChI=1S/C9H11N5/c1-6-3-8(4-11-7(6)2)14-5-12-9(10)13-14/h3-5H,1-2H3,(H2,10,13). The summed E-state index contributed by atoms with van der Waals surface area (Å²) in [5.41, 5.74) is 8.43. The van der Waals surface area contributed by atoms with Crippen LogP contribution in [0.2, 0.25) is 0 Å². The number of nitrogens with zero attached hydrogens (tertiary/aromatic N) is 4. The lowest BCUT2D eigenvalue weighted by Crippen LogP contribution is -1.98.